The third-order valence-corrected chi connectivity index (χ3v) is 6.98. The molecule has 2 aliphatic heterocycles. The largest absolute Gasteiger partial charge is 0.381 e. The lowest BCUT2D eigenvalue weighted by Crippen LogP contribution is -2.50. The van der Waals surface area contributed by atoms with Crippen molar-refractivity contribution >= 4 is 34.9 Å². The average Bonchev–Trinajstić information content (AvgIpc) is 3.41. The molecule has 0 unspecified atom stereocenters. The molecule has 0 bridgehead atoms. The molecule has 2 amide bonds. The van der Waals surface area contributed by atoms with Gasteiger partial charge in [-0.3, -0.25) is 10.00 Å². The van der Waals surface area contributed by atoms with Gasteiger partial charge >= 0.3 is 6.03 Å². The van der Waals surface area contributed by atoms with Gasteiger partial charge in [0.2, 0.25) is 0 Å². The maximum absolute atomic E-state index is 13.6. The number of rotatable bonds is 4. The SMILES string of the molecule is O=C1N(c2ccc(-c3cn[nH]c3)cc2)CC2(CCOCC2)N1Cc1ccc(Cl)c(Cl)c1. The highest BCUT2D eigenvalue weighted by Crippen LogP contribution is 2.39. The van der Waals surface area contributed by atoms with Crippen LogP contribution in [0.25, 0.3) is 11.1 Å². The van der Waals surface area contributed by atoms with E-state index in [9.17, 15) is 4.79 Å². The third-order valence-electron chi connectivity index (χ3n) is 6.25. The summed E-state index contributed by atoms with van der Waals surface area (Å²) >= 11 is 12.3. The first-order valence-corrected chi connectivity index (χ1v) is 11.0. The van der Waals surface area contributed by atoms with Crippen molar-refractivity contribution in [3.8, 4) is 11.1 Å². The third kappa shape index (κ3) is 3.80. The number of nitrogens with zero attached hydrogens (tertiary/aromatic N) is 3. The van der Waals surface area contributed by atoms with Gasteiger partial charge in [-0.05, 0) is 48.2 Å². The highest BCUT2D eigenvalue weighted by molar-refractivity contribution is 6.42. The van der Waals surface area contributed by atoms with E-state index in [0.717, 1.165) is 35.2 Å². The van der Waals surface area contributed by atoms with E-state index >= 15 is 0 Å². The summed E-state index contributed by atoms with van der Waals surface area (Å²) in [5, 5.41) is 7.84. The van der Waals surface area contributed by atoms with Gasteiger partial charge in [-0.25, -0.2) is 4.79 Å². The van der Waals surface area contributed by atoms with Gasteiger partial charge in [-0.1, -0.05) is 41.4 Å². The Kier molecular flexibility index (Phi) is 5.38. The zero-order valence-electron chi connectivity index (χ0n) is 16.9. The first-order chi connectivity index (χ1) is 15.1. The fourth-order valence-corrected chi connectivity index (χ4v) is 4.80. The summed E-state index contributed by atoms with van der Waals surface area (Å²) in [5.41, 5.74) is 3.66. The van der Waals surface area contributed by atoms with Crippen LogP contribution in [-0.2, 0) is 11.3 Å². The molecule has 0 aliphatic carbocycles. The molecule has 1 aromatic heterocycles. The summed E-state index contributed by atoms with van der Waals surface area (Å²) in [4.78, 5) is 17.4. The Hall–Kier alpha value is -2.54. The second-order valence-electron chi connectivity index (χ2n) is 8.07. The van der Waals surface area contributed by atoms with E-state index in [1.807, 2.05) is 52.4 Å². The van der Waals surface area contributed by atoms with E-state index in [2.05, 4.69) is 10.2 Å². The first kappa shape index (κ1) is 20.4. The van der Waals surface area contributed by atoms with Gasteiger partial charge in [-0.2, -0.15) is 5.10 Å². The Balaban J connectivity index is 1.44. The molecule has 2 aromatic carbocycles. The summed E-state index contributed by atoms with van der Waals surface area (Å²) in [6, 6.07) is 13.6. The predicted octanol–water partition coefficient (Wildman–Crippen LogP) is 5.37. The number of hydrogen-bond donors (Lipinski definition) is 1. The Bertz CT molecular complexity index is 1080. The van der Waals surface area contributed by atoms with Crippen molar-refractivity contribution in [2.24, 2.45) is 0 Å². The van der Waals surface area contributed by atoms with Crippen LogP contribution in [0.5, 0.6) is 0 Å². The molecular weight excluding hydrogens is 435 g/mol. The van der Waals surface area contributed by atoms with Crippen molar-refractivity contribution < 1.29 is 9.53 Å². The minimum atomic E-state index is -0.259. The van der Waals surface area contributed by atoms with Crippen LogP contribution < -0.4 is 4.90 Å². The molecule has 0 saturated carbocycles. The number of carbonyl (C=O) groups is 1. The molecule has 160 valence electrons. The molecule has 3 aromatic rings. The Morgan fingerprint density at radius 1 is 1.03 bits per heavy atom. The number of carbonyl (C=O) groups excluding carboxylic acids is 1. The van der Waals surface area contributed by atoms with Crippen LogP contribution in [0.15, 0.2) is 54.9 Å². The van der Waals surface area contributed by atoms with Gasteiger partial charge in [0.25, 0.3) is 0 Å². The highest BCUT2D eigenvalue weighted by Gasteiger charge is 2.50. The zero-order valence-corrected chi connectivity index (χ0v) is 18.4. The molecule has 31 heavy (non-hydrogen) atoms. The van der Waals surface area contributed by atoms with Gasteiger partial charge in [0.05, 0.1) is 28.3 Å². The van der Waals surface area contributed by atoms with Crippen LogP contribution in [0.4, 0.5) is 10.5 Å². The number of nitrogens with one attached hydrogen (secondary N) is 1. The van der Waals surface area contributed by atoms with E-state index in [0.29, 0.717) is 36.3 Å². The molecular formula is C23H22Cl2N4O2. The minimum Gasteiger partial charge on any atom is -0.381 e. The predicted molar refractivity (Wildman–Crippen MR) is 122 cm³/mol. The second kappa shape index (κ2) is 8.19. The summed E-state index contributed by atoms with van der Waals surface area (Å²) in [7, 11) is 0. The van der Waals surface area contributed by atoms with Crippen molar-refractivity contribution in [3.05, 3.63) is 70.5 Å². The number of ether oxygens (including phenoxy) is 1. The highest BCUT2D eigenvalue weighted by atomic mass is 35.5. The number of H-pyrrole nitrogens is 1. The maximum atomic E-state index is 13.6. The summed E-state index contributed by atoms with van der Waals surface area (Å²) in [6.45, 7) is 2.43. The monoisotopic (exact) mass is 456 g/mol. The van der Waals surface area contributed by atoms with E-state index in [1.165, 1.54) is 0 Å². The summed E-state index contributed by atoms with van der Waals surface area (Å²) < 4.78 is 5.62. The molecule has 8 heteroatoms. The van der Waals surface area contributed by atoms with E-state index < -0.39 is 0 Å². The maximum Gasteiger partial charge on any atom is 0.325 e. The molecule has 0 radical (unpaired) electrons. The van der Waals surface area contributed by atoms with Crippen molar-refractivity contribution in [2.45, 2.75) is 24.9 Å². The van der Waals surface area contributed by atoms with E-state index in [1.54, 1.807) is 12.3 Å². The summed E-state index contributed by atoms with van der Waals surface area (Å²) in [6.07, 6.45) is 5.26. The van der Waals surface area contributed by atoms with Crippen molar-refractivity contribution in [1.29, 1.82) is 0 Å². The first-order valence-electron chi connectivity index (χ1n) is 10.3. The van der Waals surface area contributed by atoms with Crippen molar-refractivity contribution in [3.63, 3.8) is 0 Å². The van der Waals surface area contributed by atoms with E-state index in [-0.39, 0.29) is 11.6 Å². The van der Waals surface area contributed by atoms with Crippen LogP contribution in [0.1, 0.15) is 18.4 Å². The second-order valence-corrected chi connectivity index (χ2v) is 8.89. The molecule has 1 N–H and O–H groups in total. The molecule has 3 heterocycles. The molecule has 1 spiro atoms. The van der Waals surface area contributed by atoms with Crippen LogP contribution in [0.2, 0.25) is 10.0 Å². The number of aromatic amines is 1. The van der Waals surface area contributed by atoms with Crippen LogP contribution in [0.3, 0.4) is 0 Å². The van der Waals surface area contributed by atoms with Crippen LogP contribution in [-0.4, -0.2) is 46.4 Å². The average molecular weight is 457 g/mol. The normalized spacial score (nSPS) is 18.2. The number of hydrogen-bond acceptors (Lipinski definition) is 3. The molecule has 2 aliphatic rings. The summed E-state index contributed by atoms with van der Waals surface area (Å²) in [5.74, 6) is 0. The molecule has 2 saturated heterocycles. The van der Waals surface area contributed by atoms with Crippen molar-refractivity contribution in [1.82, 2.24) is 15.1 Å². The number of aromatic nitrogens is 2. The lowest BCUT2D eigenvalue weighted by Gasteiger charge is -2.40. The number of amides is 2. The van der Waals surface area contributed by atoms with Crippen LogP contribution in [0, 0.1) is 0 Å². The Labute approximate surface area is 190 Å². The topological polar surface area (TPSA) is 61.5 Å². The minimum absolute atomic E-state index is 0.00373. The number of benzene rings is 2. The van der Waals surface area contributed by atoms with E-state index in [4.69, 9.17) is 27.9 Å². The fourth-order valence-electron chi connectivity index (χ4n) is 4.48. The van der Waals surface area contributed by atoms with Crippen molar-refractivity contribution in [2.75, 3.05) is 24.7 Å². The van der Waals surface area contributed by atoms with Gasteiger partial charge in [0, 0.05) is 37.2 Å². The van der Waals surface area contributed by atoms with Crippen LogP contribution >= 0.6 is 23.2 Å². The van der Waals surface area contributed by atoms with Gasteiger partial charge in [-0.15, -0.1) is 0 Å². The number of anilines is 1. The fraction of sp³-hybridized carbons (Fsp3) is 0.304. The Morgan fingerprint density at radius 2 is 1.81 bits per heavy atom. The smallest absolute Gasteiger partial charge is 0.325 e. The lowest BCUT2D eigenvalue weighted by atomic mass is 9.89. The Morgan fingerprint density at radius 3 is 2.48 bits per heavy atom. The quantitative estimate of drug-likeness (QED) is 0.573. The molecule has 0 atom stereocenters. The van der Waals surface area contributed by atoms with Gasteiger partial charge in [0.15, 0.2) is 0 Å². The molecule has 5 rings (SSSR count). The molecule has 2 fully saturated rings. The molecule has 6 nitrogen and oxygen atoms in total. The number of halogens is 2. The standard InChI is InChI=1S/C23H22Cl2N4O2/c24-20-6-1-16(11-21(20)25)14-29-22(30)28(15-23(29)7-9-31-10-8-23)19-4-2-17(3-5-19)18-12-26-27-13-18/h1-6,11-13H,7-10,14-15H2,(H,26,27). The zero-order chi connectivity index (χ0) is 21.4. The lowest BCUT2D eigenvalue weighted by molar-refractivity contribution is 0.00611. The van der Waals surface area contributed by atoms with Gasteiger partial charge < -0.3 is 9.64 Å². The van der Waals surface area contributed by atoms with Gasteiger partial charge in [0.1, 0.15) is 0 Å². The number of urea groups is 1.